The number of fused-ring (bicyclic) bond motifs is 1. The fraction of sp³-hybridized carbons (Fsp3) is 0.296. The van der Waals surface area contributed by atoms with E-state index < -0.39 is 0 Å². The van der Waals surface area contributed by atoms with Crippen LogP contribution in [0.5, 0.6) is 17.2 Å². The molecule has 8 nitrogen and oxygen atoms in total. The maximum absolute atomic E-state index is 9.87. The summed E-state index contributed by atoms with van der Waals surface area (Å²) in [6.45, 7) is 5.79. The summed E-state index contributed by atoms with van der Waals surface area (Å²) < 4.78 is 11.5. The molecule has 0 amide bonds. The largest absolute Gasteiger partial charge is 0.508 e. The number of ether oxygens (including phenoxy) is 2. The van der Waals surface area contributed by atoms with Gasteiger partial charge in [-0.25, -0.2) is 4.98 Å². The number of nitrogens with zero attached hydrogens (tertiary/aromatic N) is 4. The van der Waals surface area contributed by atoms with Gasteiger partial charge in [-0.05, 0) is 86.4 Å². The summed E-state index contributed by atoms with van der Waals surface area (Å²) in [6.07, 6.45) is 2.53. The van der Waals surface area contributed by atoms with Gasteiger partial charge in [0.1, 0.15) is 17.9 Å². The summed E-state index contributed by atoms with van der Waals surface area (Å²) in [5.41, 5.74) is 4.60. The van der Waals surface area contributed by atoms with Gasteiger partial charge >= 0.3 is 0 Å². The Bertz CT molecular complexity index is 1390. The Morgan fingerprint density at radius 1 is 1.03 bits per heavy atom. The van der Waals surface area contributed by atoms with Crippen LogP contribution in [0.3, 0.4) is 0 Å². The van der Waals surface area contributed by atoms with E-state index in [2.05, 4.69) is 25.4 Å². The molecule has 3 aromatic carbocycles. The predicted molar refractivity (Wildman–Crippen MR) is 142 cm³/mol. The molecule has 1 fully saturated rings. The van der Waals surface area contributed by atoms with E-state index in [4.69, 9.17) is 21.1 Å². The molecule has 4 aromatic rings. The summed E-state index contributed by atoms with van der Waals surface area (Å²) in [5.74, 6) is 1.86. The lowest BCUT2D eigenvalue weighted by Gasteiger charge is -2.16. The number of hydrogen-bond acceptors (Lipinski definition) is 8. The Labute approximate surface area is 214 Å². The standard InChI is InChI=1S/C27H28ClN5O3/c1-17-13-18(21-16-20(34)6-7-22(21)28)14-23-26(17)30-27(32-31-23)29-19-5-8-24(25(15-19)35-2)36-12-11-33-9-3-4-10-33/h5-8,13-16,34H,3-4,9-12H2,1-2H3,(H,29,30,32). The number of aryl methyl sites for hydroxylation is 1. The fourth-order valence-corrected chi connectivity index (χ4v) is 4.67. The summed E-state index contributed by atoms with van der Waals surface area (Å²) >= 11 is 6.35. The number of methoxy groups -OCH3 is 1. The minimum absolute atomic E-state index is 0.148. The smallest absolute Gasteiger partial charge is 0.247 e. The maximum Gasteiger partial charge on any atom is 0.247 e. The zero-order chi connectivity index (χ0) is 25.1. The molecule has 0 bridgehead atoms. The van der Waals surface area contributed by atoms with Crippen molar-refractivity contribution in [2.24, 2.45) is 0 Å². The van der Waals surface area contributed by atoms with Crippen LogP contribution in [-0.2, 0) is 0 Å². The molecule has 186 valence electrons. The quantitative estimate of drug-likeness (QED) is 0.320. The van der Waals surface area contributed by atoms with Gasteiger partial charge in [-0.2, -0.15) is 0 Å². The average Bonchev–Trinajstić information content (AvgIpc) is 3.40. The van der Waals surface area contributed by atoms with Gasteiger partial charge in [0.05, 0.1) is 12.6 Å². The van der Waals surface area contributed by atoms with Gasteiger partial charge in [0.25, 0.3) is 0 Å². The summed E-state index contributed by atoms with van der Waals surface area (Å²) in [5, 5.41) is 22.3. The van der Waals surface area contributed by atoms with Gasteiger partial charge in [-0.15, -0.1) is 10.2 Å². The summed E-state index contributed by atoms with van der Waals surface area (Å²) in [4.78, 5) is 7.08. The maximum atomic E-state index is 9.87. The first-order chi connectivity index (χ1) is 17.5. The average molecular weight is 506 g/mol. The lowest BCUT2D eigenvalue weighted by Crippen LogP contribution is -2.25. The molecule has 1 aliphatic heterocycles. The molecular formula is C27H28ClN5O3. The van der Waals surface area contributed by atoms with Gasteiger partial charge in [0.2, 0.25) is 5.95 Å². The number of hydrogen-bond donors (Lipinski definition) is 2. The normalized spacial score (nSPS) is 13.8. The fourth-order valence-electron chi connectivity index (χ4n) is 4.44. The van der Waals surface area contributed by atoms with Crippen molar-refractivity contribution >= 4 is 34.3 Å². The molecule has 1 aliphatic rings. The second-order valence-corrected chi connectivity index (χ2v) is 9.26. The van der Waals surface area contributed by atoms with E-state index in [0.29, 0.717) is 34.6 Å². The molecule has 0 saturated carbocycles. The number of rotatable bonds is 8. The number of aromatic nitrogens is 3. The van der Waals surface area contributed by atoms with Crippen molar-refractivity contribution < 1.29 is 14.6 Å². The number of likely N-dealkylation sites (tertiary alicyclic amines) is 1. The van der Waals surface area contributed by atoms with Gasteiger partial charge in [-0.1, -0.05) is 11.6 Å². The van der Waals surface area contributed by atoms with Gasteiger partial charge in [-0.3, -0.25) is 4.90 Å². The highest BCUT2D eigenvalue weighted by Crippen LogP contribution is 2.34. The van der Waals surface area contributed by atoms with Crippen molar-refractivity contribution in [2.45, 2.75) is 19.8 Å². The van der Waals surface area contributed by atoms with E-state index in [0.717, 1.165) is 47.5 Å². The first-order valence-corrected chi connectivity index (χ1v) is 12.3. The number of halogens is 1. The van der Waals surface area contributed by atoms with E-state index in [-0.39, 0.29) is 5.75 Å². The second kappa shape index (κ2) is 10.6. The number of phenols is 1. The Morgan fingerprint density at radius 3 is 2.67 bits per heavy atom. The zero-order valence-electron chi connectivity index (χ0n) is 20.3. The Morgan fingerprint density at radius 2 is 1.86 bits per heavy atom. The number of nitrogens with one attached hydrogen (secondary N) is 1. The molecule has 5 rings (SSSR count). The second-order valence-electron chi connectivity index (χ2n) is 8.85. The van der Waals surface area contributed by atoms with Crippen molar-refractivity contribution in [1.82, 2.24) is 20.1 Å². The third kappa shape index (κ3) is 5.29. The first kappa shape index (κ1) is 24.1. The van der Waals surface area contributed by atoms with Crippen molar-refractivity contribution in [3.8, 4) is 28.4 Å². The molecule has 0 spiro atoms. The molecule has 0 aliphatic carbocycles. The highest BCUT2D eigenvalue weighted by atomic mass is 35.5. The summed E-state index contributed by atoms with van der Waals surface area (Å²) in [6, 6.07) is 14.3. The predicted octanol–water partition coefficient (Wildman–Crippen LogP) is 5.59. The highest BCUT2D eigenvalue weighted by Gasteiger charge is 2.14. The molecule has 1 saturated heterocycles. The molecule has 0 atom stereocenters. The zero-order valence-corrected chi connectivity index (χ0v) is 21.0. The van der Waals surface area contributed by atoms with Crippen molar-refractivity contribution in [3.05, 3.63) is 59.1 Å². The molecule has 36 heavy (non-hydrogen) atoms. The van der Waals surface area contributed by atoms with Crippen LogP contribution >= 0.6 is 11.6 Å². The Hall–Kier alpha value is -3.62. The van der Waals surface area contributed by atoms with Gasteiger partial charge in [0.15, 0.2) is 11.5 Å². The van der Waals surface area contributed by atoms with E-state index in [1.807, 2.05) is 37.3 Å². The van der Waals surface area contributed by atoms with Crippen molar-refractivity contribution in [2.75, 3.05) is 38.7 Å². The van der Waals surface area contributed by atoms with Crippen LogP contribution in [0.25, 0.3) is 22.2 Å². The molecule has 2 N–H and O–H groups in total. The minimum atomic E-state index is 0.148. The number of aromatic hydroxyl groups is 1. The number of benzene rings is 3. The van der Waals surface area contributed by atoms with Crippen LogP contribution < -0.4 is 14.8 Å². The lowest BCUT2D eigenvalue weighted by atomic mass is 10.0. The van der Waals surface area contributed by atoms with Gasteiger partial charge < -0.3 is 19.9 Å². The van der Waals surface area contributed by atoms with Crippen LogP contribution in [0.1, 0.15) is 18.4 Å². The lowest BCUT2D eigenvalue weighted by molar-refractivity contribution is 0.230. The van der Waals surface area contributed by atoms with Gasteiger partial charge in [0, 0.05) is 28.9 Å². The van der Waals surface area contributed by atoms with Crippen molar-refractivity contribution in [1.29, 1.82) is 0 Å². The van der Waals surface area contributed by atoms with E-state index >= 15 is 0 Å². The third-order valence-corrected chi connectivity index (χ3v) is 6.62. The van der Waals surface area contributed by atoms with Crippen LogP contribution in [0.15, 0.2) is 48.5 Å². The topological polar surface area (TPSA) is 92.6 Å². The molecule has 2 heterocycles. The van der Waals surface area contributed by atoms with Crippen molar-refractivity contribution in [3.63, 3.8) is 0 Å². The number of phenolic OH excluding ortho intramolecular Hbond substituents is 1. The molecule has 9 heteroatoms. The third-order valence-electron chi connectivity index (χ3n) is 6.30. The van der Waals surface area contributed by atoms with Crippen LogP contribution in [0.2, 0.25) is 5.02 Å². The van der Waals surface area contributed by atoms with Crippen LogP contribution in [0, 0.1) is 6.92 Å². The highest BCUT2D eigenvalue weighted by molar-refractivity contribution is 6.33. The Kier molecular flexibility index (Phi) is 7.06. The number of anilines is 2. The monoisotopic (exact) mass is 505 g/mol. The molecule has 0 radical (unpaired) electrons. The minimum Gasteiger partial charge on any atom is -0.508 e. The first-order valence-electron chi connectivity index (χ1n) is 11.9. The SMILES string of the molecule is COc1cc(Nc2nnc3cc(-c4cc(O)ccc4Cl)cc(C)c3n2)ccc1OCCN1CCCC1. The van der Waals surface area contributed by atoms with E-state index in [9.17, 15) is 5.11 Å². The van der Waals surface area contributed by atoms with E-state index in [1.165, 1.54) is 12.8 Å². The molecule has 1 aromatic heterocycles. The summed E-state index contributed by atoms with van der Waals surface area (Å²) in [7, 11) is 1.63. The van der Waals surface area contributed by atoms with Crippen LogP contribution in [-0.4, -0.2) is 58.5 Å². The molecule has 0 unspecified atom stereocenters. The molecular weight excluding hydrogens is 478 g/mol. The Balaban J connectivity index is 1.33. The van der Waals surface area contributed by atoms with Crippen LogP contribution in [0.4, 0.5) is 11.6 Å². The van der Waals surface area contributed by atoms with E-state index in [1.54, 1.807) is 25.3 Å².